The van der Waals surface area contributed by atoms with Crippen LogP contribution in [0.15, 0.2) is 48.5 Å². The summed E-state index contributed by atoms with van der Waals surface area (Å²) in [6.07, 6.45) is 1.61. The Morgan fingerprint density at radius 3 is 2.36 bits per heavy atom. The van der Waals surface area contributed by atoms with Crippen LogP contribution < -0.4 is 4.74 Å². The van der Waals surface area contributed by atoms with Crippen LogP contribution in [0.25, 0.3) is 0 Å². The molecule has 0 bridgehead atoms. The molecule has 176 valence electrons. The predicted octanol–water partition coefficient (Wildman–Crippen LogP) is 4.03. The summed E-state index contributed by atoms with van der Waals surface area (Å²) in [5, 5.41) is 0.524. The van der Waals surface area contributed by atoms with Gasteiger partial charge in [0.2, 0.25) is 5.91 Å². The van der Waals surface area contributed by atoms with Gasteiger partial charge in [0, 0.05) is 48.6 Å². The van der Waals surface area contributed by atoms with Crippen molar-refractivity contribution in [2.24, 2.45) is 5.41 Å². The van der Waals surface area contributed by atoms with Crippen LogP contribution in [0.3, 0.4) is 0 Å². The highest BCUT2D eigenvalue weighted by Crippen LogP contribution is 2.37. The first-order chi connectivity index (χ1) is 15.9. The van der Waals surface area contributed by atoms with Gasteiger partial charge in [-0.3, -0.25) is 9.59 Å². The van der Waals surface area contributed by atoms with Gasteiger partial charge in [0.15, 0.2) is 0 Å². The van der Waals surface area contributed by atoms with Crippen LogP contribution >= 0.6 is 11.6 Å². The molecule has 6 nitrogen and oxygen atoms in total. The molecule has 2 aromatic rings. The molecule has 0 radical (unpaired) electrons. The Balaban J connectivity index is 1.45. The minimum absolute atomic E-state index is 0.0648. The van der Waals surface area contributed by atoms with Gasteiger partial charge < -0.3 is 19.3 Å². The van der Waals surface area contributed by atoms with Gasteiger partial charge in [-0.15, -0.1) is 0 Å². The molecule has 2 aliphatic rings. The lowest BCUT2D eigenvalue weighted by Gasteiger charge is -2.42. The van der Waals surface area contributed by atoms with Crippen LogP contribution in [0.1, 0.15) is 29.6 Å². The first kappa shape index (κ1) is 23.5. The standard InChI is InChI=1S/C25H28ClFN2O4/c26-20-3-1-2-19(16-20)24(31)29-10-8-25(9-11-29,17-23(30)28-12-14-32-15-13-28)18-33-22-6-4-21(27)5-7-22/h1-7,16H,8-15,17-18H2. The fourth-order valence-electron chi connectivity index (χ4n) is 4.37. The smallest absolute Gasteiger partial charge is 0.253 e. The number of carbonyl (C=O) groups is 2. The molecule has 4 rings (SSSR count). The maximum Gasteiger partial charge on any atom is 0.253 e. The quantitative estimate of drug-likeness (QED) is 0.634. The van der Waals surface area contributed by atoms with Crippen molar-refractivity contribution < 1.29 is 23.5 Å². The minimum atomic E-state index is -0.408. The Morgan fingerprint density at radius 1 is 1.00 bits per heavy atom. The summed E-state index contributed by atoms with van der Waals surface area (Å²) >= 11 is 6.05. The lowest BCUT2D eigenvalue weighted by Crippen LogP contribution is -2.49. The van der Waals surface area contributed by atoms with Gasteiger partial charge in [0.1, 0.15) is 11.6 Å². The number of hydrogen-bond acceptors (Lipinski definition) is 4. The van der Waals surface area contributed by atoms with Crippen molar-refractivity contribution in [1.82, 2.24) is 9.80 Å². The molecule has 8 heteroatoms. The lowest BCUT2D eigenvalue weighted by molar-refractivity contribution is -0.139. The van der Waals surface area contributed by atoms with Crippen molar-refractivity contribution in [3.63, 3.8) is 0 Å². The summed E-state index contributed by atoms with van der Waals surface area (Å²) < 4.78 is 24.6. The summed E-state index contributed by atoms with van der Waals surface area (Å²) in [4.78, 5) is 29.7. The maximum absolute atomic E-state index is 13.3. The summed E-state index contributed by atoms with van der Waals surface area (Å²) in [5.74, 6) is 0.250. The Hall–Kier alpha value is -2.64. The number of carbonyl (C=O) groups excluding carboxylic acids is 2. The van der Waals surface area contributed by atoms with Crippen LogP contribution in [0, 0.1) is 11.2 Å². The highest BCUT2D eigenvalue weighted by atomic mass is 35.5. The number of morpholine rings is 1. The molecule has 0 N–H and O–H groups in total. The van der Waals surface area contributed by atoms with Crippen molar-refractivity contribution in [2.45, 2.75) is 19.3 Å². The average molecular weight is 475 g/mol. The van der Waals surface area contributed by atoms with E-state index in [1.54, 1.807) is 41.3 Å². The number of likely N-dealkylation sites (tertiary alicyclic amines) is 1. The molecule has 2 aliphatic heterocycles. The fraction of sp³-hybridized carbons (Fsp3) is 0.440. The second-order valence-corrected chi connectivity index (χ2v) is 9.15. The van der Waals surface area contributed by atoms with Crippen molar-refractivity contribution in [3.8, 4) is 5.75 Å². The molecule has 33 heavy (non-hydrogen) atoms. The third kappa shape index (κ3) is 6.03. The molecule has 0 saturated carbocycles. The number of amides is 2. The zero-order valence-corrected chi connectivity index (χ0v) is 19.2. The van der Waals surface area contributed by atoms with Crippen LogP contribution in [-0.2, 0) is 9.53 Å². The Labute approximate surface area is 198 Å². The summed E-state index contributed by atoms with van der Waals surface area (Å²) in [5.41, 5.74) is 0.150. The fourth-order valence-corrected chi connectivity index (χ4v) is 4.56. The van der Waals surface area contributed by atoms with E-state index in [9.17, 15) is 14.0 Å². The second kappa shape index (κ2) is 10.5. The SMILES string of the molecule is O=C(CC1(COc2ccc(F)cc2)CCN(C(=O)c2cccc(Cl)c2)CC1)N1CCOCC1. The lowest BCUT2D eigenvalue weighted by atomic mass is 9.75. The highest BCUT2D eigenvalue weighted by Gasteiger charge is 2.40. The van der Waals surface area contributed by atoms with Crippen molar-refractivity contribution in [3.05, 3.63) is 64.9 Å². The third-order valence-corrected chi connectivity index (χ3v) is 6.67. The van der Waals surface area contributed by atoms with E-state index in [4.69, 9.17) is 21.1 Å². The topological polar surface area (TPSA) is 59.1 Å². The number of nitrogens with zero attached hydrogens (tertiary/aromatic N) is 2. The van der Waals surface area contributed by atoms with E-state index in [2.05, 4.69) is 0 Å². The Morgan fingerprint density at radius 2 is 1.70 bits per heavy atom. The molecule has 2 aromatic carbocycles. The molecule has 2 fully saturated rings. The van der Waals surface area contributed by atoms with Gasteiger partial charge in [-0.2, -0.15) is 0 Å². The number of halogens is 2. The summed E-state index contributed by atoms with van der Waals surface area (Å²) in [6, 6.07) is 12.8. The van der Waals surface area contributed by atoms with Gasteiger partial charge in [-0.25, -0.2) is 4.39 Å². The van der Waals surface area contributed by atoms with Crippen LogP contribution in [0.5, 0.6) is 5.75 Å². The third-order valence-electron chi connectivity index (χ3n) is 6.43. The highest BCUT2D eigenvalue weighted by molar-refractivity contribution is 6.30. The Kier molecular flexibility index (Phi) is 7.50. The molecule has 0 atom stereocenters. The van der Waals surface area contributed by atoms with Crippen LogP contribution in [-0.4, -0.2) is 67.6 Å². The van der Waals surface area contributed by atoms with E-state index in [1.807, 2.05) is 4.90 Å². The van der Waals surface area contributed by atoms with E-state index in [-0.39, 0.29) is 17.6 Å². The minimum Gasteiger partial charge on any atom is -0.493 e. The molecule has 0 spiro atoms. The molecule has 0 aromatic heterocycles. The van der Waals surface area contributed by atoms with Gasteiger partial charge >= 0.3 is 0 Å². The average Bonchev–Trinajstić information content (AvgIpc) is 2.84. The van der Waals surface area contributed by atoms with Crippen LogP contribution in [0.2, 0.25) is 5.02 Å². The van der Waals surface area contributed by atoms with E-state index < -0.39 is 5.41 Å². The van der Waals surface area contributed by atoms with Gasteiger partial charge in [-0.05, 0) is 55.3 Å². The molecule has 0 aliphatic carbocycles. The monoisotopic (exact) mass is 474 g/mol. The van der Waals surface area contributed by atoms with Gasteiger partial charge in [-0.1, -0.05) is 17.7 Å². The summed E-state index contributed by atoms with van der Waals surface area (Å²) in [7, 11) is 0. The largest absolute Gasteiger partial charge is 0.493 e. The number of benzene rings is 2. The number of ether oxygens (including phenoxy) is 2. The van der Waals surface area contributed by atoms with Crippen molar-refractivity contribution >= 4 is 23.4 Å². The van der Waals surface area contributed by atoms with Crippen LogP contribution in [0.4, 0.5) is 4.39 Å². The second-order valence-electron chi connectivity index (χ2n) is 8.72. The van der Waals surface area contributed by atoms with E-state index in [0.29, 0.717) is 81.6 Å². The zero-order valence-electron chi connectivity index (χ0n) is 18.5. The van der Waals surface area contributed by atoms with E-state index in [1.165, 1.54) is 12.1 Å². The molecular formula is C25H28ClFN2O4. The van der Waals surface area contributed by atoms with Gasteiger partial charge in [0.05, 0.1) is 19.8 Å². The molecule has 2 saturated heterocycles. The number of hydrogen-bond donors (Lipinski definition) is 0. The first-order valence-corrected chi connectivity index (χ1v) is 11.6. The van der Waals surface area contributed by atoms with E-state index in [0.717, 1.165) is 0 Å². The first-order valence-electron chi connectivity index (χ1n) is 11.2. The maximum atomic E-state index is 13.3. The molecule has 2 heterocycles. The van der Waals surface area contributed by atoms with Gasteiger partial charge in [0.25, 0.3) is 5.91 Å². The zero-order chi connectivity index (χ0) is 23.3. The van der Waals surface area contributed by atoms with E-state index >= 15 is 0 Å². The van der Waals surface area contributed by atoms with Crippen molar-refractivity contribution in [2.75, 3.05) is 46.0 Å². The predicted molar refractivity (Wildman–Crippen MR) is 123 cm³/mol. The number of piperidine rings is 1. The number of rotatable bonds is 6. The summed E-state index contributed by atoms with van der Waals surface area (Å²) in [6.45, 7) is 3.65. The molecule has 0 unspecified atom stereocenters. The molecule has 2 amide bonds. The van der Waals surface area contributed by atoms with Crippen molar-refractivity contribution in [1.29, 1.82) is 0 Å². The normalized spacial score (nSPS) is 18.1. The molecular weight excluding hydrogens is 447 g/mol. The Bertz CT molecular complexity index is 971.